The van der Waals surface area contributed by atoms with Crippen molar-refractivity contribution in [3.05, 3.63) is 135 Å². The third-order valence-corrected chi connectivity index (χ3v) is 7.97. The minimum atomic E-state index is -5.02. The Morgan fingerprint density at radius 3 is 2.43 bits per heavy atom. The fourth-order valence-electron chi connectivity index (χ4n) is 4.64. The number of piperidine rings is 1. The Bertz CT molecular complexity index is 3200. The van der Waals surface area contributed by atoms with Crippen LogP contribution in [0.4, 0.5) is 22.0 Å². The van der Waals surface area contributed by atoms with Crippen molar-refractivity contribution in [1.29, 1.82) is 0 Å². The standard InChI is InChI=1S/C41H40F5N3O3S/c1-27-6-15-34-36(22-27)49(39(23-37(34)50)53-26-31-4-3-5-35(42)40(31)43)25-38(51)48(33-16-18-47(19-17-33)20-21-52-2)24-28-7-9-29(10-8-28)30-11-13-32(14-12-30)41(44,45)46/h3-15,22-23,33H,16-21,24-26H2,1-2H3/i2D3,6D,15D,16D2,17D2,18D2,19D2,20D2,22D,23D,24D2,25D2,26D2,33D. The maximum atomic E-state index is 15.9. The van der Waals surface area contributed by atoms with E-state index in [0.717, 1.165) is 37.3 Å². The number of aromatic nitrogens is 1. The molecule has 4 aromatic carbocycles. The van der Waals surface area contributed by atoms with Crippen molar-refractivity contribution in [2.75, 3.05) is 33.1 Å². The van der Waals surface area contributed by atoms with Crippen LogP contribution in [0.5, 0.6) is 0 Å². The average molecular weight is 774 g/mol. The number of methoxy groups -OCH3 is 1. The fraction of sp³-hybridized carbons (Fsp3) is 0.317. The molecular formula is C41H40F5N3O3S. The van der Waals surface area contributed by atoms with Gasteiger partial charge >= 0.3 is 6.18 Å². The quantitative estimate of drug-likeness (QED) is 0.0939. The number of halogens is 5. The van der Waals surface area contributed by atoms with E-state index in [0.29, 0.717) is 36.4 Å². The molecule has 53 heavy (non-hydrogen) atoms. The zero-order valence-electron chi connectivity index (χ0n) is 50.9. The van der Waals surface area contributed by atoms with Crippen molar-refractivity contribution in [1.82, 2.24) is 14.4 Å². The largest absolute Gasteiger partial charge is 0.416 e. The van der Waals surface area contributed by atoms with E-state index in [1.54, 1.807) is 0 Å². The Labute approximate surface area is 342 Å². The second kappa shape index (κ2) is 16.7. The molecule has 1 saturated heterocycles. The molecular weight excluding hydrogens is 710 g/mol. The van der Waals surface area contributed by atoms with Crippen LogP contribution >= 0.6 is 11.8 Å². The van der Waals surface area contributed by atoms with Crippen molar-refractivity contribution < 1.29 is 64.4 Å². The van der Waals surface area contributed by atoms with Gasteiger partial charge in [-0.1, -0.05) is 54.6 Å². The van der Waals surface area contributed by atoms with Crippen LogP contribution in [0, 0.1) is 18.6 Å². The molecule has 0 unspecified atom stereocenters. The molecule has 1 aliphatic rings. The monoisotopic (exact) mass is 773 g/mol. The molecule has 2 heterocycles. The van der Waals surface area contributed by atoms with Gasteiger partial charge in [-0.25, -0.2) is 8.78 Å². The summed E-state index contributed by atoms with van der Waals surface area (Å²) in [6.07, 6.45) is -14.5. The number of alkyl halides is 3. The van der Waals surface area contributed by atoms with Crippen LogP contribution in [-0.4, -0.2) is 59.4 Å². The third-order valence-electron chi connectivity index (χ3n) is 7.17. The molecule has 6 nitrogen and oxygen atoms in total. The number of fused-ring (bicyclic) bond motifs is 1. The zero-order valence-corrected chi connectivity index (χ0v) is 27.7. The molecule has 0 spiro atoms. The number of likely N-dealkylation sites (tertiary alicyclic amines) is 1. The highest BCUT2D eigenvalue weighted by Gasteiger charge is 2.31. The summed E-state index contributed by atoms with van der Waals surface area (Å²) in [5, 5.41) is -2.76. The Hall–Kier alpha value is -4.52. The molecule has 5 aromatic rings. The van der Waals surface area contributed by atoms with Crippen LogP contribution in [0.3, 0.4) is 0 Å². The summed E-state index contributed by atoms with van der Waals surface area (Å²) in [6, 6.07) is -1.36. The number of pyridine rings is 1. The highest BCUT2D eigenvalue weighted by molar-refractivity contribution is 7.98. The normalized spacial score (nSPS) is 26.5. The van der Waals surface area contributed by atoms with Gasteiger partial charge in [0.2, 0.25) is 5.91 Å². The first kappa shape index (κ1) is 18.2. The van der Waals surface area contributed by atoms with Gasteiger partial charge < -0.3 is 19.1 Å². The second-order valence-electron chi connectivity index (χ2n) is 10.7. The predicted molar refractivity (Wildman–Crippen MR) is 198 cm³/mol. The number of ether oxygens (including phenoxy) is 1. The van der Waals surface area contributed by atoms with E-state index in [1.807, 2.05) is 0 Å². The molecule has 1 aliphatic heterocycles. The van der Waals surface area contributed by atoms with E-state index in [-0.39, 0.29) is 15.7 Å². The van der Waals surface area contributed by atoms with Crippen LogP contribution in [-0.2, 0) is 34.4 Å². The number of thioether (sulfide) groups is 1. The number of hydrogen-bond acceptors (Lipinski definition) is 5. The number of carbonyl (C=O) groups excluding carboxylic acids is 1. The van der Waals surface area contributed by atoms with Gasteiger partial charge in [-0.2, -0.15) is 13.2 Å². The van der Waals surface area contributed by atoms with Gasteiger partial charge in [-0.15, -0.1) is 11.8 Å². The number of hydrogen-bond donors (Lipinski definition) is 0. The third kappa shape index (κ3) is 9.17. The summed E-state index contributed by atoms with van der Waals surface area (Å²) in [6.45, 7) is -23.1. The Morgan fingerprint density at radius 2 is 1.75 bits per heavy atom. The lowest BCUT2D eigenvalue weighted by Crippen LogP contribution is -2.48. The maximum absolute atomic E-state index is 15.9. The summed E-state index contributed by atoms with van der Waals surface area (Å²) in [5.41, 5.74) is -10.5. The van der Waals surface area contributed by atoms with Gasteiger partial charge in [0.05, 0.1) is 39.2 Å². The molecule has 0 atom stereocenters. The zero-order chi connectivity index (χ0) is 58.9. The molecule has 1 amide bonds. The van der Waals surface area contributed by atoms with Gasteiger partial charge in [0, 0.05) is 78.2 Å². The average Bonchev–Trinajstić information content (AvgIpc) is 3.30. The van der Waals surface area contributed by atoms with Gasteiger partial charge in [0.1, 0.15) is 6.50 Å². The van der Waals surface area contributed by atoms with E-state index in [4.69, 9.17) is 20.6 Å². The summed E-state index contributed by atoms with van der Waals surface area (Å²) >= 11 is -0.538. The maximum Gasteiger partial charge on any atom is 0.416 e. The summed E-state index contributed by atoms with van der Waals surface area (Å²) < 4.78 is 287. The van der Waals surface area contributed by atoms with Crippen LogP contribution < -0.4 is 5.43 Å². The first-order valence-electron chi connectivity index (χ1n) is 27.0. The molecule has 0 radical (unpaired) electrons. The van der Waals surface area contributed by atoms with Gasteiger partial charge in [0.15, 0.2) is 17.1 Å². The van der Waals surface area contributed by atoms with Crippen molar-refractivity contribution in [3.63, 3.8) is 0 Å². The Balaban J connectivity index is 1.75. The minimum absolute atomic E-state index is 0.00918. The number of amides is 1. The van der Waals surface area contributed by atoms with E-state index in [1.165, 1.54) is 0 Å². The number of rotatable bonds is 12. The van der Waals surface area contributed by atoms with E-state index in [9.17, 15) is 34.7 Å². The van der Waals surface area contributed by atoms with Gasteiger partial charge in [-0.05, 0) is 72.2 Å². The predicted octanol–water partition coefficient (Wildman–Crippen LogP) is 8.71. The van der Waals surface area contributed by atoms with E-state index in [2.05, 4.69) is 4.74 Å². The van der Waals surface area contributed by atoms with Crippen molar-refractivity contribution in [2.45, 2.75) is 55.6 Å². The molecule has 278 valence electrons. The van der Waals surface area contributed by atoms with Crippen molar-refractivity contribution in [3.8, 4) is 11.1 Å². The Kier molecular flexibility index (Phi) is 5.72. The first-order valence-corrected chi connectivity index (χ1v) is 15.8. The molecule has 0 N–H and O–H groups in total. The van der Waals surface area contributed by atoms with Gasteiger partial charge in [0.25, 0.3) is 0 Å². The molecule has 6 rings (SSSR count). The molecule has 0 aliphatic carbocycles. The molecule has 0 bridgehead atoms. The SMILES string of the molecule is [2H]c1c(C)c([2H])c2c(c1[2H])c(=O)c([2H])c(SC([2H])([2H])c1cccc(F)c1F)n2C([2H])([2H])C(=O)N(C([2H])([2H])c1ccc(-c2ccc(C(F)(F)F)cc2)cc1)C1([2H])C([2H])([2H])C([2H])([2H])N(C([2H])([2H])COC([2H])([2H])[2H])C([2H])([2H])C1([2H])[2H]. The summed E-state index contributed by atoms with van der Waals surface area (Å²) in [4.78, 5) is 28.1. The highest BCUT2D eigenvalue weighted by atomic mass is 32.2. The smallest absolute Gasteiger partial charge is 0.383 e. The first-order chi connectivity index (χ1) is 34.6. The van der Waals surface area contributed by atoms with Crippen LogP contribution in [0.25, 0.3) is 22.0 Å². The van der Waals surface area contributed by atoms with Crippen molar-refractivity contribution >= 4 is 28.6 Å². The topological polar surface area (TPSA) is 54.8 Å². The summed E-state index contributed by atoms with van der Waals surface area (Å²) in [7, 11) is -3.53. The minimum Gasteiger partial charge on any atom is -0.383 e. The van der Waals surface area contributed by atoms with Crippen LogP contribution in [0.2, 0.25) is 0 Å². The van der Waals surface area contributed by atoms with Crippen molar-refractivity contribution in [2.24, 2.45) is 0 Å². The van der Waals surface area contributed by atoms with E-state index < -0.39 is 184 Å². The lowest BCUT2D eigenvalue weighted by Gasteiger charge is -2.39. The fourth-order valence-corrected chi connectivity index (χ4v) is 5.37. The molecule has 0 saturated carbocycles. The molecule has 12 heteroatoms. The second-order valence-corrected chi connectivity index (χ2v) is 11.5. The molecule has 1 fully saturated rings. The van der Waals surface area contributed by atoms with E-state index >= 15 is 9.18 Å². The van der Waals surface area contributed by atoms with Crippen LogP contribution in [0.15, 0.2) is 101 Å². The number of nitrogens with zero attached hydrogens (tertiary/aromatic N) is 3. The number of carbonyl (C=O) groups is 1. The van der Waals surface area contributed by atoms with Gasteiger partial charge in [-0.3, -0.25) is 9.59 Å². The van der Waals surface area contributed by atoms with Crippen LogP contribution in [0.1, 0.15) is 67.9 Å². The lowest BCUT2D eigenvalue weighted by atomic mass is 10.00. The Morgan fingerprint density at radius 1 is 1.06 bits per heavy atom. The summed E-state index contributed by atoms with van der Waals surface area (Å²) in [5.74, 6) is -6.40. The highest BCUT2D eigenvalue weighted by Crippen LogP contribution is 2.32. The molecule has 1 aromatic heterocycles. The lowest BCUT2D eigenvalue weighted by molar-refractivity contribution is -0.137. The number of benzene rings is 4.